The molecular weight excluding hydrogens is 376 g/mol. The number of aryl methyl sites for hydroxylation is 1. The number of halogens is 2. The molecule has 6 nitrogen and oxygen atoms in total. The average molecular weight is 395 g/mol. The summed E-state index contributed by atoms with van der Waals surface area (Å²) >= 11 is 0. The van der Waals surface area contributed by atoms with Gasteiger partial charge in [-0.3, -0.25) is 4.79 Å². The van der Waals surface area contributed by atoms with Crippen molar-refractivity contribution in [1.29, 1.82) is 0 Å². The number of hydrogen-bond donors (Lipinski definition) is 1. The van der Waals surface area contributed by atoms with Gasteiger partial charge >= 0.3 is 0 Å². The second-order valence-corrected chi connectivity index (χ2v) is 7.95. The summed E-state index contributed by atoms with van der Waals surface area (Å²) in [6.45, 7) is 2.65. The third-order valence-electron chi connectivity index (χ3n) is 3.77. The molecule has 27 heavy (non-hydrogen) atoms. The Kier molecular flexibility index (Phi) is 6.40. The number of carbonyl (C=O) groups is 1. The highest BCUT2D eigenvalue weighted by atomic mass is 32.2. The molecule has 0 bridgehead atoms. The summed E-state index contributed by atoms with van der Waals surface area (Å²) in [5, 5.41) is 3.65. The molecule has 0 radical (unpaired) electrons. The molecule has 0 aliphatic carbocycles. The molecule has 0 atom stereocenters. The zero-order chi connectivity index (χ0) is 20.2. The summed E-state index contributed by atoms with van der Waals surface area (Å²) in [7, 11) is -2.60. The molecule has 9 heteroatoms. The van der Waals surface area contributed by atoms with Crippen LogP contribution in [0, 0.1) is 18.6 Å². The number of benzene rings is 2. The Hall–Kier alpha value is -2.65. The van der Waals surface area contributed by atoms with Crippen LogP contribution >= 0.6 is 0 Å². The monoisotopic (exact) mass is 395 g/mol. The van der Waals surface area contributed by atoms with Gasteiger partial charge < -0.3 is 0 Å². The van der Waals surface area contributed by atoms with E-state index in [2.05, 4.69) is 10.5 Å². The van der Waals surface area contributed by atoms with Crippen LogP contribution in [-0.2, 0) is 14.8 Å². The van der Waals surface area contributed by atoms with Crippen LogP contribution < -0.4 is 5.43 Å². The highest BCUT2D eigenvalue weighted by Crippen LogP contribution is 2.15. The van der Waals surface area contributed by atoms with Crippen LogP contribution in [0.25, 0.3) is 0 Å². The van der Waals surface area contributed by atoms with Crippen molar-refractivity contribution in [2.75, 3.05) is 13.6 Å². The minimum atomic E-state index is -3.85. The number of carbonyl (C=O) groups excluding carboxylic acids is 1. The number of nitrogens with one attached hydrogen (secondary N) is 1. The van der Waals surface area contributed by atoms with Crippen LogP contribution in [-0.4, -0.2) is 37.9 Å². The molecule has 0 unspecified atom stereocenters. The van der Waals surface area contributed by atoms with Crippen molar-refractivity contribution >= 4 is 21.6 Å². The topological polar surface area (TPSA) is 78.8 Å². The number of amides is 1. The molecule has 1 N–H and O–H groups in total. The van der Waals surface area contributed by atoms with E-state index in [1.54, 1.807) is 12.1 Å². The third kappa shape index (κ3) is 4.95. The molecule has 0 aliphatic rings. The maximum Gasteiger partial charge on any atom is 0.255 e. The van der Waals surface area contributed by atoms with Gasteiger partial charge in [0.15, 0.2) is 0 Å². The van der Waals surface area contributed by atoms with E-state index in [-0.39, 0.29) is 16.2 Å². The number of hydrogen-bond acceptors (Lipinski definition) is 4. The van der Waals surface area contributed by atoms with Crippen LogP contribution in [0.2, 0.25) is 0 Å². The Morgan fingerprint density at radius 2 is 1.67 bits per heavy atom. The molecule has 0 aliphatic heterocycles. The second-order valence-electron chi connectivity index (χ2n) is 5.90. The van der Waals surface area contributed by atoms with Gasteiger partial charge in [0.1, 0.15) is 11.6 Å². The predicted molar refractivity (Wildman–Crippen MR) is 97.7 cm³/mol. The van der Waals surface area contributed by atoms with Crippen molar-refractivity contribution in [1.82, 2.24) is 9.73 Å². The highest BCUT2D eigenvalue weighted by molar-refractivity contribution is 7.89. The molecule has 0 saturated heterocycles. The number of sulfonamides is 1. The maximum absolute atomic E-state index is 13.7. The predicted octanol–water partition coefficient (Wildman–Crippen LogP) is 2.43. The van der Waals surface area contributed by atoms with E-state index in [0.717, 1.165) is 22.0 Å². The van der Waals surface area contributed by atoms with Gasteiger partial charge in [0, 0.05) is 7.05 Å². The molecule has 1 amide bonds. The van der Waals surface area contributed by atoms with E-state index < -0.39 is 34.1 Å². The van der Waals surface area contributed by atoms with E-state index in [9.17, 15) is 22.0 Å². The lowest BCUT2D eigenvalue weighted by molar-refractivity contribution is -0.121. The molecule has 2 aromatic rings. The standard InChI is InChI=1S/C18H19F2N3O3S/c1-12-7-9-14(10-8-12)27(25,26)23(3)11-17(24)22-21-13(2)18-15(19)5-4-6-16(18)20/h4-10H,11H2,1-3H3,(H,22,24)/b21-13-. The molecule has 144 valence electrons. The van der Waals surface area contributed by atoms with E-state index in [1.165, 1.54) is 32.2 Å². The summed E-state index contributed by atoms with van der Waals surface area (Å²) in [4.78, 5) is 12.0. The van der Waals surface area contributed by atoms with Crippen LogP contribution in [0.15, 0.2) is 52.5 Å². The quantitative estimate of drug-likeness (QED) is 0.603. The zero-order valence-electron chi connectivity index (χ0n) is 15.0. The van der Waals surface area contributed by atoms with Gasteiger partial charge in [0.2, 0.25) is 10.0 Å². The lowest BCUT2D eigenvalue weighted by Gasteiger charge is -2.16. The first kappa shape index (κ1) is 20.7. The summed E-state index contributed by atoms with van der Waals surface area (Å²) in [6, 6.07) is 9.55. The number of hydrazone groups is 1. The minimum absolute atomic E-state index is 0.0523. The van der Waals surface area contributed by atoms with Crippen LogP contribution in [0.3, 0.4) is 0 Å². The fraction of sp³-hybridized carbons (Fsp3) is 0.222. The Morgan fingerprint density at radius 3 is 2.22 bits per heavy atom. The first-order chi connectivity index (χ1) is 12.6. The van der Waals surface area contributed by atoms with Gasteiger partial charge in [0.25, 0.3) is 5.91 Å². The molecule has 0 aromatic heterocycles. The second kappa shape index (κ2) is 8.36. The molecule has 0 spiro atoms. The van der Waals surface area contributed by atoms with Crippen molar-refractivity contribution in [2.45, 2.75) is 18.7 Å². The van der Waals surface area contributed by atoms with Crippen molar-refractivity contribution in [3.05, 3.63) is 65.2 Å². The van der Waals surface area contributed by atoms with Crippen molar-refractivity contribution < 1.29 is 22.0 Å². The molecular formula is C18H19F2N3O3S. The van der Waals surface area contributed by atoms with Crippen LogP contribution in [0.5, 0.6) is 0 Å². The van der Waals surface area contributed by atoms with E-state index in [1.807, 2.05) is 6.92 Å². The Morgan fingerprint density at radius 1 is 1.11 bits per heavy atom. The molecule has 0 heterocycles. The summed E-state index contributed by atoms with van der Waals surface area (Å²) in [5.74, 6) is -2.38. The van der Waals surface area contributed by atoms with E-state index in [4.69, 9.17) is 0 Å². The largest absolute Gasteiger partial charge is 0.272 e. The molecule has 0 saturated carbocycles. The Labute approximate surface area is 156 Å². The number of likely N-dealkylation sites (N-methyl/N-ethyl adjacent to an activating group) is 1. The van der Waals surface area contributed by atoms with E-state index in [0.29, 0.717) is 0 Å². The summed E-state index contributed by atoms with van der Waals surface area (Å²) in [5.41, 5.74) is 2.57. The molecule has 0 fully saturated rings. The number of nitrogens with zero attached hydrogens (tertiary/aromatic N) is 2. The summed E-state index contributed by atoms with van der Waals surface area (Å²) < 4.78 is 53.1. The van der Waals surface area contributed by atoms with Gasteiger partial charge in [-0.15, -0.1) is 0 Å². The Balaban J connectivity index is 2.07. The summed E-state index contributed by atoms with van der Waals surface area (Å²) in [6.07, 6.45) is 0. The third-order valence-corrected chi connectivity index (χ3v) is 5.59. The van der Waals surface area contributed by atoms with Crippen molar-refractivity contribution in [2.24, 2.45) is 5.10 Å². The smallest absolute Gasteiger partial charge is 0.255 e. The van der Waals surface area contributed by atoms with Gasteiger partial charge in [-0.25, -0.2) is 22.6 Å². The number of rotatable bonds is 6. The molecule has 2 rings (SSSR count). The zero-order valence-corrected chi connectivity index (χ0v) is 15.8. The highest BCUT2D eigenvalue weighted by Gasteiger charge is 2.22. The van der Waals surface area contributed by atoms with Gasteiger partial charge in [-0.05, 0) is 38.1 Å². The SMILES string of the molecule is C/C(=N/NC(=O)CN(C)S(=O)(=O)c1ccc(C)cc1)c1c(F)cccc1F. The van der Waals surface area contributed by atoms with Crippen LogP contribution in [0.4, 0.5) is 8.78 Å². The first-order valence-corrected chi connectivity index (χ1v) is 9.37. The first-order valence-electron chi connectivity index (χ1n) is 7.93. The van der Waals surface area contributed by atoms with Crippen LogP contribution in [0.1, 0.15) is 18.1 Å². The van der Waals surface area contributed by atoms with E-state index >= 15 is 0 Å². The van der Waals surface area contributed by atoms with Crippen molar-refractivity contribution in [3.8, 4) is 0 Å². The fourth-order valence-corrected chi connectivity index (χ4v) is 3.39. The Bertz CT molecular complexity index is 954. The molecule has 2 aromatic carbocycles. The average Bonchev–Trinajstić information content (AvgIpc) is 2.60. The maximum atomic E-state index is 13.7. The van der Waals surface area contributed by atoms with Gasteiger partial charge in [-0.1, -0.05) is 23.8 Å². The normalized spacial score (nSPS) is 12.3. The fourth-order valence-electron chi connectivity index (χ4n) is 2.26. The minimum Gasteiger partial charge on any atom is -0.272 e. The lowest BCUT2D eigenvalue weighted by Crippen LogP contribution is -2.37. The van der Waals surface area contributed by atoms with Gasteiger partial charge in [-0.2, -0.15) is 9.41 Å². The van der Waals surface area contributed by atoms with Gasteiger partial charge in [0.05, 0.1) is 22.7 Å². The lowest BCUT2D eigenvalue weighted by atomic mass is 10.1. The van der Waals surface area contributed by atoms with Crippen molar-refractivity contribution in [3.63, 3.8) is 0 Å².